The lowest BCUT2D eigenvalue weighted by atomic mass is 10.2. The molecule has 8 nitrogen and oxygen atoms in total. The summed E-state index contributed by atoms with van der Waals surface area (Å²) in [5.74, 6) is 1.12. The molecule has 2 aromatic rings. The molecule has 2 aromatic carbocycles. The number of methoxy groups -OCH3 is 1. The number of nitrogens with two attached hydrogens (primary N) is 1. The van der Waals surface area contributed by atoms with Crippen molar-refractivity contribution in [2.24, 2.45) is 5.14 Å². The minimum Gasteiger partial charge on any atom is -0.495 e. The molecule has 152 valence electrons. The van der Waals surface area contributed by atoms with Crippen LogP contribution in [0.25, 0.3) is 0 Å². The van der Waals surface area contributed by atoms with Gasteiger partial charge in [-0.1, -0.05) is 12.1 Å². The van der Waals surface area contributed by atoms with Crippen LogP contribution in [0.3, 0.4) is 0 Å². The third-order valence-electron chi connectivity index (χ3n) is 3.71. The van der Waals surface area contributed by atoms with Gasteiger partial charge in [-0.05, 0) is 43.7 Å². The van der Waals surface area contributed by atoms with Crippen LogP contribution in [0.15, 0.2) is 47.4 Å². The molecule has 0 spiro atoms. The van der Waals surface area contributed by atoms with Crippen molar-refractivity contribution in [3.63, 3.8) is 0 Å². The highest BCUT2D eigenvalue weighted by molar-refractivity contribution is 7.89. The predicted octanol–water partition coefficient (Wildman–Crippen LogP) is 2.54. The Balaban J connectivity index is 1.88. The molecule has 2 rings (SSSR count). The van der Waals surface area contributed by atoms with Gasteiger partial charge in [0.25, 0.3) is 0 Å². The normalized spacial score (nSPS) is 11.0. The van der Waals surface area contributed by atoms with Crippen LogP contribution < -0.4 is 24.7 Å². The molecule has 0 aliphatic rings. The van der Waals surface area contributed by atoms with Crippen molar-refractivity contribution >= 4 is 21.6 Å². The number of para-hydroxylation sites is 2. The van der Waals surface area contributed by atoms with E-state index in [9.17, 15) is 13.2 Å². The summed E-state index contributed by atoms with van der Waals surface area (Å²) in [5, 5.41) is 7.81. The summed E-state index contributed by atoms with van der Waals surface area (Å²) >= 11 is 0. The zero-order valence-corrected chi connectivity index (χ0v) is 16.6. The Labute approximate surface area is 164 Å². The first-order valence-corrected chi connectivity index (χ1v) is 10.2. The molecule has 0 fully saturated rings. The molecule has 0 atom stereocenters. The molecule has 0 saturated heterocycles. The van der Waals surface area contributed by atoms with Gasteiger partial charge in [0, 0.05) is 12.1 Å². The van der Waals surface area contributed by atoms with Crippen molar-refractivity contribution in [2.75, 3.05) is 25.6 Å². The summed E-state index contributed by atoms with van der Waals surface area (Å²) in [7, 11) is -2.63. The Bertz CT molecular complexity index is 914. The van der Waals surface area contributed by atoms with Gasteiger partial charge in [-0.25, -0.2) is 13.6 Å². The molecule has 3 N–H and O–H groups in total. The fraction of sp³-hybridized carbons (Fsp3) is 0.316. The van der Waals surface area contributed by atoms with Crippen LogP contribution in [0.2, 0.25) is 0 Å². The van der Waals surface area contributed by atoms with E-state index < -0.39 is 10.0 Å². The Morgan fingerprint density at radius 1 is 1.07 bits per heavy atom. The summed E-state index contributed by atoms with van der Waals surface area (Å²) in [5.41, 5.74) is 0.317. The van der Waals surface area contributed by atoms with Gasteiger partial charge < -0.3 is 19.5 Å². The van der Waals surface area contributed by atoms with Crippen LogP contribution in [0.5, 0.6) is 17.2 Å². The summed E-state index contributed by atoms with van der Waals surface area (Å²) in [6.45, 7) is 2.76. The standard InChI is InChI=1S/C19H24N2O6S/c1-3-26-15-7-4-5-8-16(15)27-12-6-9-19(22)21-14-10-11-17(25-2)18(13-14)28(20,23)24/h4-5,7-8,10-11,13H,3,6,9,12H2,1-2H3,(H,21,22)(H2,20,23,24). The lowest BCUT2D eigenvalue weighted by Gasteiger charge is -2.12. The SMILES string of the molecule is CCOc1ccccc1OCCCC(=O)Nc1ccc(OC)c(S(N)(=O)=O)c1. The molecular formula is C19H24N2O6S. The Kier molecular flexibility index (Phi) is 7.65. The maximum atomic E-state index is 12.1. The smallest absolute Gasteiger partial charge is 0.241 e. The lowest BCUT2D eigenvalue weighted by Crippen LogP contribution is -2.16. The Hall–Kier alpha value is -2.78. The van der Waals surface area contributed by atoms with Crippen LogP contribution in [-0.2, 0) is 14.8 Å². The van der Waals surface area contributed by atoms with Crippen molar-refractivity contribution in [1.82, 2.24) is 0 Å². The molecule has 0 bridgehead atoms. The van der Waals surface area contributed by atoms with Crippen molar-refractivity contribution in [3.8, 4) is 17.2 Å². The number of hydrogen-bond donors (Lipinski definition) is 2. The van der Waals surface area contributed by atoms with Crippen molar-refractivity contribution in [2.45, 2.75) is 24.7 Å². The zero-order valence-electron chi connectivity index (χ0n) is 15.8. The first kappa shape index (κ1) is 21.5. The van der Waals surface area contributed by atoms with Gasteiger partial charge in [0.05, 0.1) is 20.3 Å². The van der Waals surface area contributed by atoms with E-state index in [1.807, 2.05) is 25.1 Å². The number of sulfonamides is 1. The van der Waals surface area contributed by atoms with Gasteiger partial charge in [-0.15, -0.1) is 0 Å². The number of carbonyl (C=O) groups excluding carboxylic acids is 1. The van der Waals surface area contributed by atoms with Crippen molar-refractivity contribution < 1.29 is 27.4 Å². The highest BCUT2D eigenvalue weighted by Crippen LogP contribution is 2.27. The van der Waals surface area contributed by atoms with Crippen LogP contribution in [0.4, 0.5) is 5.69 Å². The van der Waals surface area contributed by atoms with Gasteiger partial charge in [-0.2, -0.15) is 0 Å². The third-order valence-corrected chi connectivity index (χ3v) is 4.64. The molecule has 0 radical (unpaired) electrons. The largest absolute Gasteiger partial charge is 0.495 e. The van der Waals surface area contributed by atoms with Gasteiger partial charge in [0.2, 0.25) is 15.9 Å². The van der Waals surface area contributed by atoms with E-state index in [0.29, 0.717) is 36.8 Å². The molecule has 0 aliphatic heterocycles. The molecule has 0 saturated carbocycles. The van der Waals surface area contributed by atoms with E-state index in [2.05, 4.69) is 5.32 Å². The number of anilines is 1. The van der Waals surface area contributed by atoms with Crippen molar-refractivity contribution in [1.29, 1.82) is 0 Å². The number of amides is 1. The lowest BCUT2D eigenvalue weighted by molar-refractivity contribution is -0.116. The average molecular weight is 408 g/mol. The summed E-state index contributed by atoms with van der Waals surface area (Å²) < 4.78 is 39.4. The monoisotopic (exact) mass is 408 g/mol. The summed E-state index contributed by atoms with van der Waals surface area (Å²) in [4.78, 5) is 11.9. The number of rotatable bonds is 10. The Morgan fingerprint density at radius 3 is 2.36 bits per heavy atom. The Morgan fingerprint density at radius 2 is 1.75 bits per heavy atom. The summed E-state index contributed by atoms with van der Waals surface area (Å²) in [6, 6.07) is 11.6. The number of carbonyl (C=O) groups is 1. The highest BCUT2D eigenvalue weighted by Gasteiger charge is 2.16. The number of benzene rings is 2. The molecule has 0 aromatic heterocycles. The van der Waals surface area contributed by atoms with Crippen molar-refractivity contribution in [3.05, 3.63) is 42.5 Å². The van der Waals surface area contributed by atoms with Gasteiger partial charge in [-0.3, -0.25) is 4.79 Å². The number of nitrogens with one attached hydrogen (secondary N) is 1. The quantitative estimate of drug-likeness (QED) is 0.584. The molecule has 28 heavy (non-hydrogen) atoms. The highest BCUT2D eigenvalue weighted by atomic mass is 32.2. The molecule has 0 unspecified atom stereocenters. The molecule has 0 heterocycles. The minimum absolute atomic E-state index is 0.113. The molecular weight excluding hydrogens is 384 g/mol. The maximum Gasteiger partial charge on any atom is 0.241 e. The number of hydrogen-bond acceptors (Lipinski definition) is 6. The van der Waals surface area contributed by atoms with E-state index in [1.165, 1.54) is 19.2 Å². The fourth-order valence-corrected chi connectivity index (χ4v) is 3.18. The van der Waals surface area contributed by atoms with E-state index in [-0.39, 0.29) is 23.0 Å². The van der Waals surface area contributed by atoms with Gasteiger partial charge >= 0.3 is 0 Å². The van der Waals surface area contributed by atoms with Gasteiger partial charge in [0.1, 0.15) is 10.6 Å². The summed E-state index contributed by atoms with van der Waals surface area (Å²) in [6.07, 6.45) is 0.679. The second-order valence-corrected chi connectivity index (χ2v) is 7.32. The second-order valence-electron chi connectivity index (χ2n) is 5.79. The molecule has 9 heteroatoms. The van der Waals surface area contributed by atoms with E-state index in [4.69, 9.17) is 19.3 Å². The molecule has 1 amide bonds. The average Bonchev–Trinajstić information content (AvgIpc) is 2.66. The fourth-order valence-electron chi connectivity index (χ4n) is 2.46. The van der Waals surface area contributed by atoms with Crippen LogP contribution in [-0.4, -0.2) is 34.6 Å². The minimum atomic E-state index is -3.97. The van der Waals surface area contributed by atoms with Crippen LogP contribution >= 0.6 is 0 Å². The van der Waals surface area contributed by atoms with Crippen LogP contribution in [0.1, 0.15) is 19.8 Å². The number of primary sulfonamides is 1. The van der Waals surface area contributed by atoms with E-state index in [0.717, 1.165) is 0 Å². The first-order chi connectivity index (χ1) is 13.3. The first-order valence-electron chi connectivity index (χ1n) is 8.70. The van der Waals surface area contributed by atoms with Crippen LogP contribution in [0, 0.1) is 0 Å². The predicted molar refractivity (Wildman–Crippen MR) is 105 cm³/mol. The van der Waals surface area contributed by atoms with E-state index in [1.54, 1.807) is 12.1 Å². The maximum absolute atomic E-state index is 12.1. The topological polar surface area (TPSA) is 117 Å². The zero-order chi connectivity index (χ0) is 20.6. The third kappa shape index (κ3) is 6.14. The van der Waals surface area contributed by atoms with Gasteiger partial charge in [0.15, 0.2) is 11.5 Å². The second kappa shape index (κ2) is 9.95. The number of ether oxygens (including phenoxy) is 3. The molecule has 0 aliphatic carbocycles. The van der Waals surface area contributed by atoms with E-state index >= 15 is 0 Å².